The van der Waals surface area contributed by atoms with Gasteiger partial charge in [0.2, 0.25) is 0 Å². The fourth-order valence-corrected chi connectivity index (χ4v) is 3.54. The number of rotatable bonds is 8. The quantitative estimate of drug-likeness (QED) is 0.691. The van der Waals surface area contributed by atoms with Crippen LogP contribution in [0.5, 0.6) is 0 Å². The van der Waals surface area contributed by atoms with E-state index in [0.717, 1.165) is 13.1 Å². The van der Waals surface area contributed by atoms with Crippen LogP contribution in [-0.4, -0.2) is 62.2 Å². The maximum atomic E-state index is 3.65. The van der Waals surface area contributed by atoms with Gasteiger partial charge >= 0.3 is 0 Å². The van der Waals surface area contributed by atoms with E-state index in [-0.39, 0.29) is 0 Å². The van der Waals surface area contributed by atoms with Crippen LogP contribution in [0.15, 0.2) is 0 Å². The Kier molecular flexibility index (Phi) is 8.08. The predicted molar refractivity (Wildman–Crippen MR) is 89.3 cm³/mol. The lowest BCUT2D eigenvalue weighted by atomic mass is 9.84. The Balaban J connectivity index is 2.58. The lowest BCUT2D eigenvalue weighted by Gasteiger charge is -2.38. The highest BCUT2D eigenvalue weighted by atomic mass is 15.2. The standard InChI is InChI=1S/C17H37N3/c1-6-9-17(4,14-18-10-7-2)15-20-12-8-11-19(5)13-16(20)3/h16,18H,6-15H2,1-5H3. The average Bonchev–Trinajstić information content (AvgIpc) is 2.52. The molecule has 0 aromatic rings. The minimum atomic E-state index is 0.418. The van der Waals surface area contributed by atoms with Crippen LogP contribution in [-0.2, 0) is 0 Å². The van der Waals surface area contributed by atoms with Crippen LogP contribution >= 0.6 is 0 Å². The van der Waals surface area contributed by atoms with E-state index in [1.807, 2.05) is 0 Å². The van der Waals surface area contributed by atoms with E-state index in [0.29, 0.717) is 11.5 Å². The zero-order chi connectivity index (χ0) is 15.0. The van der Waals surface area contributed by atoms with Gasteiger partial charge in [-0.25, -0.2) is 0 Å². The van der Waals surface area contributed by atoms with Crippen LogP contribution in [0.4, 0.5) is 0 Å². The van der Waals surface area contributed by atoms with Crippen molar-refractivity contribution < 1.29 is 0 Å². The molecule has 1 N–H and O–H groups in total. The summed E-state index contributed by atoms with van der Waals surface area (Å²) in [5, 5.41) is 3.65. The van der Waals surface area contributed by atoms with Gasteiger partial charge in [-0.1, -0.05) is 27.2 Å². The molecule has 1 rings (SSSR count). The van der Waals surface area contributed by atoms with Crippen molar-refractivity contribution in [2.75, 3.05) is 46.3 Å². The van der Waals surface area contributed by atoms with Crippen molar-refractivity contribution in [3.8, 4) is 0 Å². The Morgan fingerprint density at radius 3 is 2.60 bits per heavy atom. The molecule has 2 unspecified atom stereocenters. The smallest absolute Gasteiger partial charge is 0.0195 e. The van der Waals surface area contributed by atoms with E-state index in [1.165, 1.54) is 51.9 Å². The molecule has 0 radical (unpaired) electrons. The first-order chi connectivity index (χ1) is 9.50. The Morgan fingerprint density at radius 1 is 1.20 bits per heavy atom. The van der Waals surface area contributed by atoms with E-state index < -0.39 is 0 Å². The Labute approximate surface area is 127 Å². The second-order valence-electron chi connectivity index (χ2n) is 7.17. The number of hydrogen-bond acceptors (Lipinski definition) is 3. The van der Waals surface area contributed by atoms with Gasteiger partial charge < -0.3 is 10.2 Å². The van der Waals surface area contributed by atoms with Crippen molar-refractivity contribution in [3.05, 3.63) is 0 Å². The third kappa shape index (κ3) is 6.11. The van der Waals surface area contributed by atoms with Gasteiger partial charge in [-0.3, -0.25) is 4.90 Å². The van der Waals surface area contributed by atoms with Gasteiger partial charge in [0.05, 0.1) is 0 Å². The third-order valence-corrected chi connectivity index (χ3v) is 4.60. The number of nitrogens with zero attached hydrogens (tertiary/aromatic N) is 2. The summed E-state index contributed by atoms with van der Waals surface area (Å²) in [6, 6.07) is 0.685. The molecule has 0 bridgehead atoms. The van der Waals surface area contributed by atoms with Gasteiger partial charge in [0.1, 0.15) is 0 Å². The minimum Gasteiger partial charge on any atom is -0.316 e. The highest BCUT2D eigenvalue weighted by Crippen LogP contribution is 2.26. The molecule has 1 fully saturated rings. The van der Waals surface area contributed by atoms with E-state index >= 15 is 0 Å². The fourth-order valence-electron chi connectivity index (χ4n) is 3.54. The topological polar surface area (TPSA) is 18.5 Å². The van der Waals surface area contributed by atoms with Crippen molar-refractivity contribution in [2.24, 2.45) is 5.41 Å². The summed E-state index contributed by atoms with van der Waals surface area (Å²) in [6.07, 6.45) is 5.15. The van der Waals surface area contributed by atoms with E-state index in [2.05, 4.69) is 49.9 Å². The number of nitrogens with one attached hydrogen (secondary N) is 1. The van der Waals surface area contributed by atoms with Gasteiger partial charge in [-0.05, 0) is 58.3 Å². The van der Waals surface area contributed by atoms with Crippen LogP contribution in [0.25, 0.3) is 0 Å². The second-order valence-corrected chi connectivity index (χ2v) is 7.17. The molecule has 3 nitrogen and oxygen atoms in total. The highest BCUT2D eigenvalue weighted by Gasteiger charge is 2.29. The third-order valence-electron chi connectivity index (χ3n) is 4.60. The van der Waals surface area contributed by atoms with Crippen LogP contribution < -0.4 is 5.32 Å². The summed E-state index contributed by atoms with van der Waals surface area (Å²) < 4.78 is 0. The summed E-state index contributed by atoms with van der Waals surface area (Å²) >= 11 is 0. The van der Waals surface area contributed by atoms with E-state index in [1.54, 1.807) is 0 Å². The SMILES string of the molecule is CCCNCC(C)(CCC)CN1CCCN(C)CC1C. The summed E-state index contributed by atoms with van der Waals surface area (Å²) in [7, 11) is 2.26. The van der Waals surface area contributed by atoms with Crippen LogP contribution in [0, 0.1) is 5.41 Å². The van der Waals surface area contributed by atoms with Gasteiger partial charge in [-0.2, -0.15) is 0 Å². The molecule has 1 aliphatic heterocycles. The summed E-state index contributed by atoms with van der Waals surface area (Å²) in [4.78, 5) is 5.21. The zero-order valence-electron chi connectivity index (χ0n) is 14.5. The Morgan fingerprint density at radius 2 is 1.95 bits per heavy atom. The molecular formula is C17H37N3. The van der Waals surface area contributed by atoms with Crippen molar-refractivity contribution in [3.63, 3.8) is 0 Å². The molecule has 1 saturated heterocycles. The summed E-state index contributed by atoms with van der Waals surface area (Å²) in [5.41, 5.74) is 0.418. The molecule has 0 spiro atoms. The van der Waals surface area contributed by atoms with Crippen molar-refractivity contribution in [2.45, 2.75) is 59.4 Å². The molecule has 3 heteroatoms. The lowest BCUT2D eigenvalue weighted by Crippen LogP contribution is -2.47. The lowest BCUT2D eigenvalue weighted by molar-refractivity contribution is 0.116. The van der Waals surface area contributed by atoms with Crippen LogP contribution in [0.2, 0.25) is 0 Å². The monoisotopic (exact) mass is 283 g/mol. The largest absolute Gasteiger partial charge is 0.316 e. The van der Waals surface area contributed by atoms with Crippen LogP contribution in [0.1, 0.15) is 53.4 Å². The van der Waals surface area contributed by atoms with Gasteiger partial charge in [0.15, 0.2) is 0 Å². The molecule has 0 aliphatic carbocycles. The molecule has 2 atom stereocenters. The summed E-state index contributed by atoms with van der Waals surface area (Å²) in [6.45, 7) is 16.7. The molecule has 1 heterocycles. The van der Waals surface area contributed by atoms with Gasteiger partial charge in [0.25, 0.3) is 0 Å². The van der Waals surface area contributed by atoms with Crippen molar-refractivity contribution in [1.29, 1.82) is 0 Å². The Hall–Kier alpha value is -0.120. The maximum absolute atomic E-state index is 3.65. The molecular weight excluding hydrogens is 246 g/mol. The van der Waals surface area contributed by atoms with Crippen molar-refractivity contribution >= 4 is 0 Å². The Bertz CT molecular complexity index is 257. The van der Waals surface area contributed by atoms with Crippen molar-refractivity contribution in [1.82, 2.24) is 15.1 Å². The predicted octanol–water partition coefficient (Wildman–Crippen LogP) is 2.82. The first-order valence-electron chi connectivity index (χ1n) is 8.64. The molecule has 0 aromatic carbocycles. The molecule has 20 heavy (non-hydrogen) atoms. The summed E-state index contributed by atoms with van der Waals surface area (Å²) in [5.74, 6) is 0. The van der Waals surface area contributed by atoms with Gasteiger partial charge in [0, 0.05) is 25.7 Å². The normalized spacial score (nSPS) is 25.4. The second kappa shape index (κ2) is 9.01. The zero-order valence-corrected chi connectivity index (χ0v) is 14.5. The number of likely N-dealkylation sites (N-methyl/N-ethyl adjacent to an activating group) is 1. The van der Waals surface area contributed by atoms with Crippen LogP contribution in [0.3, 0.4) is 0 Å². The molecule has 0 saturated carbocycles. The molecule has 0 aromatic heterocycles. The molecule has 1 aliphatic rings. The minimum absolute atomic E-state index is 0.418. The van der Waals surface area contributed by atoms with Gasteiger partial charge in [-0.15, -0.1) is 0 Å². The highest BCUT2D eigenvalue weighted by molar-refractivity contribution is 4.85. The first kappa shape index (κ1) is 17.9. The fraction of sp³-hybridized carbons (Fsp3) is 1.00. The van der Waals surface area contributed by atoms with E-state index in [4.69, 9.17) is 0 Å². The first-order valence-corrected chi connectivity index (χ1v) is 8.64. The average molecular weight is 284 g/mol. The molecule has 120 valence electrons. The van der Waals surface area contributed by atoms with E-state index in [9.17, 15) is 0 Å². The maximum Gasteiger partial charge on any atom is 0.0195 e. The number of hydrogen-bond donors (Lipinski definition) is 1. The molecule has 0 amide bonds.